The van der Waals surface area contributed by atoms with E-state index in [0.29, 0.717) is 11.4 Å². The highest BCUT2D eigenvalue weighted by molar-refractivity contribution is 7.84. The maximum atomic E-state index is 13.4. The number of ketones is 1. The summed E-state index contributed by atoms with van der Waals surface area (Å²) in [4.78, 5) is 21.6. The van der Waals surface area contributed by atoms with E-state index in [1.165, 1.54) is 19.6 Å². The van der Waals surface area contributed by atoms with Gasteiger partial charge in [-0.25, -0.2) is 9.97 Å². The lowest BCUT2D eigenvalue weighted by Gasteiger charge is -2.27. The van der Waals surface area contributed by atoms with Crippen molar-refractivity contribution < 1.29 is 22.5 Å². The highest BCUT2D eigenvalue weighted by Crippen LogP contribution is 2.29. The van der Waals surface area contributed by atoms with Crippen LogP contribution in [0.15, 0.2) is 61.3 Å². The minimum atomic E-state index is -3.94. The highest BCUT2D eigenvalue weighted by atomic mass is 32.2. The summed E-state index contributed by atoms with van der Waals surface area (Å²) in [5.74, 6) is 0.0641. The van der Waals surface area contributed by atoms with Crippen LogP contribution < -0.4 is 10.0 Å². The monoisotopic (exact) mass is 499 g/mol. The number of hydrogen-bond acceptors (Lipinski definition) is 8. The first-order valence-electron chi connectivity index (χ1n) is 11.3. The number of aliphatic hydroxyl groups is 1. The average Bonchev–Trinajstić information content (AvgIpc) is 3.47. The highest BCUT2D eigenvalue weighted by Gasteiger charge is 2.37. The van der Waals surface area contributed by atoms with E-state index in [-0.39, 0.29) is 35.8 Å². The topological polar surface area (TPSA) is 135 Å². The summed E-state index contributed by atoms with van der Waals surface area (Å²) in [7, 11) is -2.70. The number of aliphatic hydroxyl groups excluding tert-OH is 1. The molecular weight excluding hydrogens is 470 g/mol. The number of hydrogen-bond donors (Lipinski definition) is 3. The third-order valence-corrected chi connectivity index (χ3v) is 7.35. The Morgan fingerprint density at radius 2 is 1.94 bits per heavy atom. The normalized spacial score (nSPS) is 20.6. The summed E-state index contributed by atoms with van der Waals surface area (Å²) in [5.41, 5.74) is 1.51. The van der Waals surface area contributed by atoms with E-state index in [0.717, 1.165) is 5.56 Å². The van der Waals surface area contributed by atoms with E-state index < -0.39 is 22.5 Å². The molecule has 2 aromatic heterocycles. The van der Waals surface area contributed by atoms with Gasteiger partial charge in [-0.3, -0.25) is 8.98 Å². The molecule has 0 aliphatic heterocycles. The van der Waals surface area contributed by atoms with Crippen LogP contribution in [0.25, 0.3) is 0 Å². The van der Waals surface area contributed by atoms with Gasteiger partial charge in [0.1, 0.15) is 18.2 Å². The molecule has 3 aromatic rings. The van der Waals surface area contributed by atoms with Crippen molar-refractivity contribution in [2.75, 3.05) is 12.4 Å². The number of carbonyl (C=O) groups is 1. The molecular formula is C24H29N5O5S. The van der Waals surface area contributed by atoms with Crippen LogP contribution in [-0.4, -0.2) is 59.1 Å². The fraction of sp³-hybridized carbons (Fsp3) is 0.375. The molecule has 1 aromatic carbocycles. The molecule has 10 nitrogen and oxygen atoms in total. The second kappa shape index (κ2) is 9.86. The van der Waals surface area contributed by atoms with Crippen LogP contribution in [0.3, 0.4) is 0 Å². The first-order chi connectivity index (χ1) is 16.6. The van der Waals surface area contributed by atoms with Crippen LogP contribution in [0.1, 0.15) is 48.2 Å². The lowest BCUT2D eigenvalue weighted by Crippen LogP contribution is -2.31. The SMILES string of the molecule is CNS(=O)(=O)O[C@@H]1C[C@H](Nc2ncncc2C(=O)c2ccn(C(C)(C)c3ccccc3)c2)C[C@@H]1O. The Kier molecular flexibility index (Phi) is 7.04. The quantitative estimate of drug-likeness (QED) is 0.381. The molecule has 1 fully saturated rings. The van der Waals surface area contributed by atoms with Gasteiger partial charge in [0.05, 0.1) is 17.2 Å². The van der Waals surface area contributed by atoms with Gasteiger partial charge in [0, 0.05) is 37.2 Å². The van der Waals surface area contributed by atoms with Crippen molar-refractivity contribution >= 4 is 21.9 Å². The average molecular weight is 500 g/mol. The van der Waals surface area contributed by atoms with Gasteiger partial charge in [0.25, 0.3) is 0 Å². The smallest absolute Gasteiger partial charge is 0.335 e. The number of anilines is 1. The summed E-state index contributed by atoms with van der Waals surface area (Å²) in [5, 5.41) is 13.4. The fourth-order valence-electron chi connectivity index (χ4n) is 4.24. The molecule has 11 heteroatoms. The first-order valence-corrected chi connectivity index (χ1v) is 12.7. The molecule has 0 radical (unpaired) electrons. The molecule has 2 heterocycles. The fourth-order valence-corrected chi connectivity index (χ4v) is 4.87. The molecule has 3 N–H and O–H groups in total. The molecule has 4 rings (SSSR count). The lowest BCUT2D eigenvalue weighted by atomic mass is 9.94. The van der Waals surface area contributed by atoms with Gasteiger partial charge in [0.2, 0.25) is 0 Å². The Morgan fingerprint density at radius 3 is 2.66 bits per heavy atom. The summed E-state index contributed by atoms with van der Waals surface area (Å²) in [6.45, 7) is 4.15. The number of nitrogens with one attached hydrogen (secondary N) is 2. The van der Waals surface area contributed by atoms with Gasteiger partial charge in [-0.05, 0) is 38.3 Å². The van der Waals surface area contributed by atoms with Crippen LogP contribution in [0.5, 0.6) is 0 Å². The Morgan fingerprint density at radius 1 is 1.20 bits per heavy atom. The zero-order valence-corrected chi connectivity index (χ0v) is 20.6. The largest absolute Gasteiger partial charge is 0.390 e. The van der Waals surface area contributed by atoms with Crippen molar-refractivity contribution in [2.24, 2.45) is 0 Å². The Labute approximate surface area is 204 Å². The zero-order valence-electron chi connectivity index (χ0n) is 19.7. The van der Waals surface area contributed by atoms with E-state index in [2.05, 4.69) is 33.9 Å². The van der Waals surface area contributed by atoms with Crippen molar-refractivity contribution in [1.82, 2.24) is 19.3 Å². The van der Waals surface area contributed by atoms with Gasteiger partial charge in [-0.2, -0.15) is 13.1 Å². The van der Waals surface area contributed by atoms with Crippen LogP contribution in [0, 0.1) is 0 Å². The lowest BCUT2D eigenvalue weighted by molar-refractivity contribution is 0.0636. The van der Waals surface area contributed by atoms with Gasteiger partial charge in [0.15, 0.2) is 5.78 Å². The second-order valence-electron chi connectivity index (χ2n) is 9.02. The number of benzene rings is 1. The van der Waals surface area contributed by atoms with E-state index in [4.69, 9.17) is 4.18 Å². The van der Waals surface area contributed by atoms with E-state index >= 15 is 0 Å². The van der Waals surface area contributed by atoms with Crippen LogP contribution in [0.4, 0.5) is 5.82 Å². The molecule has 0 bridgehead atoms. The van der Waals surface area contributed by atoms with Gasteiger partial charge in [-0.1, -0.05) is 30.3 Å². The van der Waals surface area contributed by atoms with Crippen LogP contribution in [-0.2, 0) is 20.0 Å². The predicted octanol–water partition coefficient (Wildman–Crippen LogP) is 2.08. The number of aromatic nitrogens is 3. The van der Waals surface area contributed by atoms with E-state index in [9.17, 15) is 18.3 Å². The van der Waals surface area contributed by atoms with E-state index in [1.54, 1.807) is 12.3 Å². The Hall–Kier alpha value is -3.12. The van der Waals surface area contributed by atoms with Crippen molar-refractivity contribution in [3.05, 3.63) is 78.0 Å². The van der Waals surface area contributed by atoms with Crippen molar-refractivity contribution in [3.8, 4) is 0 Å². The molecule has 0 amide bonds. The molecule has 1 aliphatic carbocycles. The molecule has 186 valence electrons. The molecule has 0 spiro atoms. The first kappa shape index (κ1) is 25.0. The van der Waals surface area contributed by atoms with Gasteiger partial charge < -0.3 is 15.0 Å². The molecule has 1 saturated carbocycles. The standard InChI is InChI=1S/C24H29N5O5S/c1-24(2,17-7-5-4-6-8-17)29-10-9-16(14-29)22(31)19-13-26-15-27-23(19)28-18-11-20(30)21(12-18)34-35(32,33)25-3/h4-10,13-15,18,20-21,25,30H,11-12H2,1-3H3,(H,26,27,28)/t18-,20+,21-/m1/s1. The minimum absolute atomic E-state index is 0.224. The maximum Gasteiger partial charge on any atom is 0.335 e. The molecule has 3 atom stereocenters. The zero-order chi connectivity index (χ0) is 25.2. The Bertz CT molecular complexity index is 1290. The third-order valence-electron chi connectivity index (χ3n) is 6.35. The van der Waals surface area contributed by atoms with Gasteiger partial charge in [-0.15, -0.1) is 0 Å². The number of carbonyl (C=O) groups excluding carboxylic acids is 1. The van der Waals surface area contributed by atoms with Crippen LogP contribution >= 0.6 is 0 Å². The maximum absolute atomic E-state index is 13.4. The summed E-state index contributed by atoms with van der Waals surface area (Å²) >= 11 is 0. The molecule has 0 unspecified atom stereocenters. The molecule has 1 aliphatic rings. The summed E-state index contributed by atoms with van der Waals surface area (Å²) < 4.78 is 32.5. The minimum Gasteiger partial charge on any atom is -0.390 e. The number of rotatable bonds is 9. The summed E-state index contributed by atoms with van der Waals surface area (Å²) in [6, 6.07) is 11.4. The third kappa shape index (κ3) is 5.43. The molecule has 0 saturated heterocycles. The Balaban J connectivity index is 1.52. The van der Waals surface area contributed by atoms with Gasteiger partial charge >= 0.3 is 10.3 Å². The van der Waals surface area contributed by atoms with Crippen LogP contribution in [0.2, 0.25) is 0 Å². The summed E-state index contributed by atoms with van der Waals surface area (Å²) in [6.07, 6.45) is 5.03. The van der Waals surface area contributed by atoms with Crippen molar-refractivity contribution in [3.63, 3.8) is 0 Å². The van der Waals surface area contributed by atoms with E-state index in [1.807, 2.05) is 41.1 Å². The molecule has 35 heavy (non-hydrogen) atoms. The van der Waals surface area contributed by atoms with Crippen molar-refractivity contribution in [2.45, 2.75) is 50.5 Å². The number of nitrogens with zero attached hydrogens (tertiary/aromatic N) is 3. The van der Waals surface area contributed by atoms with Crippen molar-refractivity contribution in [1.29, 1.82) is 0 Å². The predicted molar refractivity (Wildman–Crippen MR) is 130 cm³/mol. The second-order valence-corrected chi connectivity index (χ2v) is 10.5.